The lowest BCUT2D eigenvalue weighted by atomic mass is 10.1. The molecule has 0 amide bonds. The van der Waals surface area contributed by atoms with E-state index in [4.69, 9.17) is 10.8 Å². The molecule has 0 fully saturated rings. The number of rotatable bonds is 4. The van der Waals surface area contributed by atoms with Crippen molar-refractivity contribution in [1.29, 1.82) is 0 Å². The summed E-state index contributed by atoms with van der Waals surface area (Å²) in [7, 11) is 0. The van der Waals surface area contributed by atoms with Crippen molar-refractivity contribution >= 4 is 0 Å². The van der Waals surface area contributed by atoms with Crippen molar-refractivity contribution in [2.45, 2.75) is 19.8 Å². The van der Waals surface area contributed by atoms with Gasteiger partial charge in [-0.15, -0.1) is 0 Å². The molecule has 0 aromatic rings. The molecule has 0 aromatic heterocycles. The van der Waals surface area contributed by atoms with Crippen molar-refractivity contribution in [2.75, 3.05) is 13.2 Å². The van der Waals surface area contributed by atoms with Gasteiger partial charge < -0.3 is 10.8 Å². The molecule has 0 aliphatic carbocycles. The van der Waals surface area contributed by atoms with Crippen LogP contribution in [0.15, 0.2) is 0 Å². The summed E-state index contributed by atoms with van der Waals surface area (Å²) in [6.45, 7) is 2.95. The minimum Gasteiger partial charge on any atom is -0.396 e. The Labute approximate surface area is 50.7 Å². The van der Waals surface area contributed by atoms with Gasteiger partial charge in [-0.3, -0.25) is 0 Å². The van der Waals surface area contributed by atoms with Gasteiger partial charge in [0.2, 0.25) is 0 Å². The van der Waals surface area contributed by atoms with Crippen LogP contribution in [0.4, 0.5) is 0 Å². The van der Waals surface area contributed by atoms with Gasteiger partial charge in [-0.25, -0.2) is 0 Å². The van der Waals surface area contributed by atoms with Crippen LogP contribution in [0.1, 0.15) is 19.8 Å². The Kier molecular flexibility index (Phi) is 5.01. The van der Waals surface area contributed by atoms with E-state index in [1.807, 2.05) is 0 Å². The van der Waals surface area contributed by atoms with E-state index in [0.29, 0.717) is 12.5 Å². The highest BCUT2D eigenvalue weighted by atomic mass is 16.3. The highest BCUT2D eigenvalue weighted by Crippen LogP contribution is 2.01. The molecule has 8 heavy (non-hydrogen) atoms. The molecule has 0 aliphatic rings. The Morgan fingerprint density at radius 2 is 2.25 bits per heavy atom. The average Bonchev–Trinajstić information content (AvgIpc) is 1.83. The Hall–Kier alpha value is -0.0800. The largest absolute Gasteiger partial charge is 0.396 e. The Morgan fingerprint density at radius 3 is 2.38 bits per heavy atom. The minimum absolute atomic E-state index is 0.240. The maximum atomic E-state index is 8.58. The topological polar surface area (TPSA) is 46.2 Å². The van der Waals surface area contributed by atoms with Gasteiger partial charge in [-0.05, 0) is 18.9 Å². The third-order valence-corrected chi connectivity index (χ3v) is 1.29. The van der Waals surface area contributed by atoms with E-state index in [1.165, 1.54) is 0 Å². The molecule has 3 N–H and O–H groups in total. The predicted molar refractivity (Wildman–Crippen MR) is 34.5 cm³/mol. The van der Waals surface area contributed by atoms with Crippen LogP contribution in [-0.2, 0) is 0 Å². The number of hydrogen-bond acceptors (Lipinski definition) is 2. The molecule has 0 saturated heterocycles. The van der Waals surface area contributed by atoms with Gasteiger partial charge in [0.05, 0.1) is 0 Å². The fourth-order valence-electron chi connectivity index (χ4n) is 0.692. The lowest BCUT2D eigenvalue weighted by molar-refractivity contribution is 0.222. The zero-order valence-corrected chi connectivity index (χ0v) is 5.43. The molecule has 0 aromatic carbocycles. The summed E-state index contributed by atoms with van der Waals surface area (Å²) in [5.41, 5.74) is 5.31. The number of nitrogens with two attached hydrogens (primary N) is 1. The summed E-state index contributed by atoms with van der Waals surface area (Å²) >= 11 is 0. The summed E-state index contributed by atoms with van der Waals surface area (Å²) in [5.74, 6) is 0.333. The predicted octanol–water partition coefficient (Wildman–Crippen LogP) is 0.354. The first-order valence-corrected chi connectivity index (χ1v) is 3.16. The van der Waals surface area contributed by atoms with Crippen LogP contribution in [0.2, 0.25) is 0 Å². The summed E-state index contributed by atoms with van der Waals surface area (Å²) < 4.78 is 0. The fraction of sp³-hybridized carbons (Fsp3) is 1.00. The van der Waals surface area contributed by atoms with Crippen LogP contribution in [0, 0.1) is 5.92 Å². The van der Waals surface area contributed by atoms with E-state index in [0.717, 1.165) is 12.8 Å². The van der Waals surface area contributed by atoms with Crippen molar-refractivity contribution in [3.63, 3.8) is 0 Å². The first-order valence-electron chi connectivity index (χ1n) is 3.16. The monoisotopic (exact) mass is 117 g/mol. The smallest absolute Gasteiger partial charge is 0.0471 e. The molecule has 0 bridgehead atoms. The average molecular weight is 117 g/mol. The normalized spacial score (nSPS) is 13.9. The number of aliphatic hydroxyl groups excluding tert-OH is 1. The van der Waals surface area contributed by atoms with E-state index < -0.39 is 0 Å². The van der Waals surface area contributed by atoms with Crippen LogP contribution >= 0.6 is 0 Å². The van der Waals surface area contributed by atoms with Gasteiger partial charge >= 0.3 is 0 Å². The van der Waals surface area contributed by atoms with Crippen LogP contribution in [0.3, 0.4) is 0 Å². The van der Waals surface area contributed by atoms with Crippen molar-refractivity contribution < 1.29 is 5.11 Å². The maximum absolute atomic E-state index is 8.58. The van der Waals surface area contributed by atoms with Gasteiger partial charge in [0.1, 0.15) is 0 Å². The lowest BCUT2D eigenvalue weighted by Crippen LogP contribution is -2.17. The molecule has 1 atom stereocenters. The van der Waals surface area contributed by atoms with E-state index in [1.54, 1.807) is 0 Å². The summed E-state index contributed by atoms with van der Waals surface area (Å²) in [5, 5.41) is 8.58. The highest BCUT2D eigenvalue weighted by molar-refractivity contribution is 4.55. The second-order valence-corrected chi connectivity index (χ2v) is 2.07. The van der Waals surface area contributed by atoms with Crippen LogP contribution in [-0.4, -0.2) is 18.3 Å². The number of aliphatic hydroxyl groups is 1. The van der Waals surface area contributed by atoms with E-state index in [-0.39, 0.29) is 6.61 Å². The molecule has 0 spiro atoms. The van der Waals surface area contributed by atoms with Crippen molar-refractivity contribution in [2.24, 2.45) is 11.7 Å². The zero-order chi connectivity index (χ0) is 6.41. The van der Waals surface area contributed by atoms with Crippen LogP contribution in [0.25, 0.3) is 0 Å². The second-order valence-electron chi connectivity index (χ2n) is 2.07. The Morgan fingerprint density at radius 1 is 1.62 bits per heavy atom. The SMILES string of the molecule is CCC[C@H](CN)CO. The molecule has 0 saturated carbocycles. The summed E-state index contributed by atoms with van der Waals surface area (Å²) in [6, 6.07) is 0. The van der Waals surface area contributed by atoms with Gasteiger partial charge in [-0.2, -0.15) is 0 Å². The zero-order valence-electron chi connectivity index (χ0n) is 5.43. The maximum Gasteiger partial charge on any atom is 0.0471 e. The molecule has 2 heteroatoms. The highest BCUT2D eigenvalue weighted by Gasteiger charge is 2.00. The van der Waals surface area contributed by atoms with Crippen molar-refractivity contribution in [3.8, 4) is 0 Å². The molecule has 0 heterocycles. The Balaban J connectivity index is 3.07. The van der Waals surface area contributed by atoms with Gasteiger partial charge in [-0.1, -0.05) is 13.3 Å². The number of hydrogen-bond donors (Lipinski definition) is 2. The molecule has 0 unspecified atom stereocenters. The van der Waals surface area contributed by atoms with E-state index in [2.05, 4.69) is 6.92 Å². The first-order chi connectivity index (χ1) is 3.85. The van der Waals surface area contributed by atoms with Crippen molar-refractivity contribution in [1.82, 2.24) is 0 Å². The van der Waals surface area contributed by atoms with Crippen molar-refractivity contribution in [3.05, 3.63) is 0 Å². The minimum atomic E-state index is 0.240. The van der Waals surface area contributed by atoms with E-state index in [9.17, 15) is 0 Å². The summed E-state index contributed by atoms with van der Waals surface area (Å²) in [4.78, 5) is 0. The summed E-state index contributed by atoms with van der Waals surface area (Å²) in [6.07, 6.45) is 2.16. The van der Waals surface area contributed by atoms with Gasteiger partial charge in [0.25, 0.3) is 0 Å². The lowest BCUT2D eigenvalue weighted by Gasteiger charge is -2.07. The third-order valence-electron chi connectivity index (χ3n) is 1.29. The molecule has 0 radical (unpaired) electrons. The van der Waals surface area contributed by atoms with Crippen LogP contribution < -0.4 is 5.73 Å². The van der Waals surface area contributed by atoms with Gasteiger partial charge in [0, 0.05) is 6.61 Å². The molecular formula is C6H15NO. The quantitative estimate of drug-likeness (QED) is 0.558. The molecular weight excluding hydrogens is 102 g/mol. The fourth-order valence-corrected chi connectivity index (χ4v) is 0.692. The standard InChI is InChI=1S/C6H15NO/c1-2-3-6(4-7)5-8/h6,8H,2-5,7H2,1H3/t6-/m1/s1. The molecule has 0 rings (SSSR count). The molecule has 2 nitrogen and oxygen atoms in total. The van der Waals surface area contributed by atoms with Gasteiger partial charge in [0.15, 0.2) is 0 Å². The first kappa shape index (κ1) is 7.92. The molecule has 0 aliphatic heterocycles. The second kappa shape index (κ2) is 5.06. The Bertz CT molecular complexity index is 43.8. The van der Waals surface area contributed by atoms with E-state index >= 15 is 0 Å². The van der Waals surface area contributed by atoms with Crippen LogP contribution in [0.5, 0.6) is 0 Å². The third kappa shape index (κ3) is 2.99. The molecule has 50 valence electrons.